The second-order valence-electron chi connectivity index (χ2n) is 5.32. The molecule has 0 spiro atoms. The van der Waals surface area contributed by atoms with Crippen LogP contribution in [0, 0.1) is 5.92 Å². The minimum atomic E-state index is 0.360. The van der Waals surface area contributed by atoms with Gasteiger partial charge in [0.25, 0.3) is 0 Å². The standard InChI is InChI=1S/C13H23NO/c1-11(15)10-13-4-2-3-8-14(13)9-7-12-5-6-12/h12-13H,2-10H2,1H3. The van der Waals surface area contributed by atoms with Crippen LogP contribution in [-0.4, -0.2) is 29.8 Å². The van der Waals surface area contributed by atoms with Crippen LogP contribution in [0.3, 0.4) is 0 Å². The third kappa shape index (κ3) is 3.60. The monoisotopic (exact) mass is 209 g/mol. The average Bonchev–Trinajstić information content (AvgIpc) is 2.99. The molecule has 2 rings (SSSR count). The first-order chi connectivity index (χ1) is 7.25. The van der Waals surface area contributed by atoms with E-state index in [2.05, 4.69) is 4.90 Å². The Hall–Kier alpha value is -0.370. The lowest BCUT2D eigenvalue weighted by Gasteiger charge is -2.35. The predicted octanol–water partition coefficient (Wildman–Crippen LogP) is 2.62. The van der Waals surface area contributed by atoms with Crippen molar-refractivity contribution < 1.29 is 4.79 Å². The largest absolute Gasteiger partial charge is 0.300 e. The molecule has 1 saturated carbocycles. The highest BCUT2D eigenvalue weighted by molar-refractivity contribution is 5.76. The Balaban J connectivity index is 1.78. The van der Waals surface area contributed by atoms with Gasteiger partial charge in [-0.25, -0.2) is 0 Å². The summed E-state index contributed by atoms with van der Waals surface area (Å²) in [6.07, 6.45) is 8.94. The van der Waals surface area contributed by atoms with Crippen LogP contribution in [0.2, 0.25) is 0 Å². The van der Waals surface area contributed by atoms with Gasteiger partial charge in [-0.3, -0.25) is 9.69 Å². The molecule has 0 radical (unpaired) electrons. The fourth-order valence-corrected chi connectivity index (χ4v) is 2.67. The Morgan fingerprint density at radius 2 is 2.07 bits per heavy atom. The Morgan fingerprint density at radius 3 is 2.73 bits per heavy atom. The molecular formula is C13H23NO. The van der Waals surface area contributed by atoms with E-state index >= 15 is 0 Å². The fourth-order valence-electron chi connectivity index (χ4n) is 2.67. The molecule has 1 unspecified atom stereocenters. The Kier molecular flexibility index (Phi) is 3.79. The summed E-state index contributed by atoms with van der Waals surface area (Å²) in [6, 6.07) is 0.565. The van der Waals surface area contributed by atoms with Crippen molar-refractivity contribution in [1.82, 2.24) is 4.90 Å². The molecular weight excluding hydrogens is 186 g/mol. The maximum Gasteiger partial charge on any atom is 0.131 e. The molecule has 0 aromatic heterocycles. The number of carbonyl (C=O) groups is 1. The van der Waals surface area contributed by atoms with Crippen LogP contribution >= 0.6 is 0 Å². The van der Waals surface area contributed by atoms with Crippen LogP contribution in [0.1, 0.15) is 51.9 Å². The van der Waals surface area contributed by atoms with Gasteiger partial charge in [0.05, 0.1) is 0 Å². The van der Waals surface area contributed by atoms with Gasteiger partial charge in [-0.2, -0.15) is 0 Å². The van der Waals surface area contributed by atoms with Crippen molar-refractivity contribution in [3.63, 3.8) is 0 Å². The van der Waals surface area contributed by atoms with Crippen molar-refractivity contribution in [1.29, 1.82) is 0 Å². The number of carbonyl (C=O) groups excluding carboxylic acids is 1. The van der Waals surface area contributed by atoms with Crippen LogP contribution < -0.4 is 0 Å². The summed E-state index contributed by atoms with van der Waals surface area (Å²) in [4.78, 5) is 13.8. The van der Waals surface area contributed by atoms with E-state index in [4.69, 9.17) is 0 Å². The minimum absolute atomic E-state index is 0.360. The van der Waals surface area contributed by atoms with Crippen molar-refractivity contribution in [3.8, 4) is 0 Å². The zero-order valence-corrected chi connectivity index (χ0v) is 9.87. The number of Topliss-reactive ketones (excluding diaryl/α,β-unsaturated/α-hetero) is 1. The van der Waals surface area contributed by atoms with E-state index in [-0.39, 0.29) is 0 Å². The molecule has 1 saturated heterocycles. The van der Waals surface area contributed by atoms with Gasteiger partial charge in [-0.1, -0.05) is 19.3 Å². The third-order valence-electron chi connectivity index (χ3n) is 3.79. The van der Waals surface area contributed by atoms with Gasteiger partial charge in [0, 0.05) is 12.5 Å². The van der Waals surface area contributed by atoms with Crippen molar-refractivity contribution >= 4 is 5.78 Å². The number of nitrogens with zero attached hydrogens (tertiary/aromatic N) is 1. The summed E-state index contributed by atoms with van der Waals surface area (Å²) in [5, 5.41) is 0. The minimum Gasteiger partial charge on any atom is -0.300 e. The van der Waals surface area contributed by atoms with Gasteiger partial charge >= 0.3 is 0 Å². The highest BCUT2D eigenvalue weighted by Crippen LogP contribution is 2.33. The van der Waals surface area contributed by atoms with E-state index in [1.165, 1.54) is 51.6 Å². The molecule has 2 fully saturated rings. The molecule has 0 N–H and O–H groups in total. The van der Waals surface area contributed by atoms with E-state index in [9.17, 15) is 4.79 Å². The van der Waals surface area contributed by atoms with Crippen LogP contribution in [0.15, 0.2) is 0 Å². The van der Waals surface area contributed by atoms with E-state index in [1.54, 1.807) is 6.92 Å². The Morgan fingerprint density at radius 1 is 1.27 bits per heavy atom. The van der Waals surface area contributed by atoms with E-state index < -0.39 is 0 Å². The molecule has 1 aliphatic carbocycles. The summed E-state index contributed by atoms with van der Waals surface area (Å²) in [6.45, 7) is 4.20. The van der Waals surface area contributed by atoms with Crippen LogP contribution in [-0.2, 0) is 4.79 Å². The molecule has 15 heavy (non-hydrogen) atoms. The summed E-state index contributed by atoms with van der Waals surface area (Å²) in [5.41, 5.74) is 0. The first-order valence-electron chi connectivity index (χ1n) is 6.49. The highest BCUT2D eigenvalue weighted by Gasteiger charge is 2.26. The molecule has 2 heteroatoms. The maximum absolute atomic E-state index is 11.2. The van der Waals surface area contributed by atoms with Gasteiger partial charge < -0.3 is 0 Å². The van der Waals surface area contributed by atoms with Gasteiger partial charge in [0.1, 0.15) is 5.78 Å². The van der Waals surface area contributed by atoms with Crippen LogP contribution in [0.25, 0.3) is 0 Å². The fraction of sp³-hybridized carbons (Fsp3) is 0.923. The zero-order valence-electron chi connectivity index (χ0n) is 9.87. The predicted molar refractivity (Wildman–Crippen MR) is 61.9 cm³/mol. The van der Waals surface area contributed by atoms with Gasteiger partial charge in [-0.05, 0) is 45.2 Å². The number of rotatable bonds is 5. The smallest absolute Gasteiger partial charge is 0.131 e. The van der Waals surface area contributed by atoms with Crippen molar-refractivity contribution in [2.24, 2.45) is 5.92 Å². The highest BCUT2D eigenvalue weighted by atomic mass is 16.1. The molecule has 0 aromatic carbocycles. The average molecular weight is 209 g/mol. The number of hydrogen-bond acceptors (Lipinski definition) is 2. The van der Waals surface area contributed by atoms with Crippen LogP contribution in [0.5, 0.6) is 0 Å². The maximum atomic E-state index is 11.2. The molecule has 1 heterocycles. The topological polar surface area (TPSA) is 20.3 Å². The second-order valence-corrected chi connectivity index (χ2v) is 5.32. The molecule has 1 aliphatic heterocycles. The molecule has 2 nitrogen and oxygen atoms in total. The molecule has 0 bridgehead atoms. The third-order valence-corrected chi connectivity index (χ3v) is 3.79. The molecule has 0 aromatic rings. The van der Waals surface area contributed by atoms with Crippen LogP contribution in [0.4, 0.5) is 0 Å². The second kappa shape index (κ2) is 5.11. The Bertz CT molecular complexity index is 223. The summed E-state index contributed by atoms with van der Waals surface area (Å²) in [7, 11) is 0. The van der Waals surface area contributed by atoms with Gasteiger partial charge in [0.2, 0.25) is 0 Å². The van der Waals surface area contributed by atoms with Crippen molar-refractivity contribution in [3.05, 3.63) is 0 Å². The molecule has 86 valence electrons. The van der Waals surface area contributed by atoms with E-state index in [0.717, 1.165) is 12.3 Å². The normalized spacial score (nSPS) is 27.9. The summed E-state index contributed by atoms with van der Waals surface area (Å²) >= 11 is 0. The summed E-state index contributed by atoms with van der Waals surface area (Å²) < 4.78 is 0. The summed E-state index contributed by atoms with van der Waals surface area (Å²) in [5.74, 6) is 1.38. The lowest BCUT2D eigenvalue weighted by Crippen LogP contribution is -2.41. The van der Waals surface area contributed by atoms with Gasteiger partial charge in [0.15, 0.2) is 0 Å². The molecule has 1 atom stereocenters. The number of likely N-dealkylation sites (tertiary alicyclic amines) is 1. The molecule has 2 aliphatic rings. The van der Waals surface area contributed by atoms with Gasteiger partial charge in [-0.15, -0.1) is 0 Å². The lowest BCUT2D eigenvalue weighted by atomic mass is 9.97. The SMILES string of the molecule is CC(=O)CC1CCCCN1CCC1CC1. The first kappa shape index (κ1) is 11.1. The first-order valence-corrected chi connectivity index (χ1v) is 6.49. The number of ketones is 1. The van der Waals surface area contributed by atoms with E-state index in [1.807, 2.05) is 0 Å². The lowest BCUT2D eigenvalue weighted by molar-refractivity contribution is -0.118. The van der Waals surface area contributed by atoms with Crippen molar-refractivity contribution in [2.45, 2.75) is 57.9 Å². The quantitative estimate of drug-likeness (QED) is 0.693. The zero-order chi connectivity index (χ0) is 10.7. The van der Waals surface area contributed by atoms with E-state index in [0.29, 0.717) is 11.8 Å². The number of piperidine rings is 1. The number of hydrogen-bond donors (Lipinski definition) is 0. The Labute approximate surface area is 93.0 Å². The van der Waals surface area contributed by atoms with Crippen molar-refractivity contribution in [2.75, 3.05) is 13.1 Å². The molecule has 0 amide bonds.